The third-order valence-corrected chi connectivity index (χ3v) is 20.3. The zero-order valence-electron chi connectivity index (χ0n) is 36.1. The third kappa shape index (κ3) is 11.3. The molecule has 5 rings (SSSR count). The summed E-state index contributed by atoms with van der Waals surface area (Å²) >= 11 is 0. The summed E-state index contributed by atoms with van der Waals surface area (Å²) in [6.45, 7) is 29.2. The van der Waals surface area contributed by atoms with Crippen molar-refractivity contribution in [2.75, 3.05) is 13.1 Å². The molecule has 1 fully saturated rings. The minimum absolute atomic E-state index is 0.0708. The number of benzene rings is 4. The summed E-state index contributed by atoms with van der Waals surface area (Å²) in [6, 6.07) is 37.3. The van der Waals surface area contributed by atoms with Crippen LogP contribution in [0.15, 0.2) is 109 Å². The summed E-state index contributed by atoms with van der Waals surface area (Å²) < 4.78 is 24.4. The molecule has 0 saturated carbocycles. The molecule has 1 amide bonds. The van der Waals surface area contributed by atoms with E-state index in [0.717, 1.165) is 23.1 Å². The molecule has 1 aliphatic heterocycles. The summed E-state index contributed by atoms with van der Waals surface area (Å²) in [5.74, 6) is 0.240. The fraction of sp³-hybridized carbons (Fsp3) is 0.447. The van der Waals surface area contributed by atoms with E-state index in [2.05, 4.69) is 146 Å². The van der Waals surface area contributed by atoms with Crippen molar-refractivity contribution in [1.29, 1.82) is 0 Å². The van der Waals surface area contributed by atoms with Crippen LogP contribution in [-0.2, 0) is 25.0 Å². The van der Waals surface area contributed by atoms with Gasteiger partial charge in [-0.05, 0) is 84.9 Å². The van der Waals surface area contributed by atoms with Gasteiger partial charge in [0, 0.05) is 19.0 Å². The SMILES string of the molecule is CC(=O)Oc1ccccc1-c1ccc(CO[Si](c2ccccc2)(c2ccccc2)C(C)(C)C)cc1.CC(C)(C)OC(=O)N1CC[C@@](C)(O[Si](C)(C)C(C)(C)C)C1. The van der Waals surface area contributed by atoms with Crippen molar-refractivity contribution in [3.05, 3.63) is 115 Å². The third-order valence-electron chi connectivity index (χ3n) is 10.7. The van der Waals surface area contributed by atoms with Crippen molar-refractivity contribution in [3.8, 4) is 16.9 Å². The van der Waals surface area contributed by atoms with E-state index in [-0.39, 0.29) is 27.7 Å². The Morgan fingerprint density at radius 1 is 0.714 bits per heavy atom. The Morgan fingerprint density at radius 3 is 1.71 bits per heavy atom. The van der Waals surface area contributed by atoms with Crippen molar-refractivity contribution >= 4 is 39.1 Å². The second-order valence-corrected chi connectivity index (χ2v) is 27.7. The van der Waals surface area contributed by atoms with Crippen molar-refractivity contribution in [1.82, 2.24) is 4.90 Å². The minimum Gasteiger partial charge on any atom is -0.444 e. The quantitative estimate of drug-likeness (QED) is 0.0954. The number of carbonyl (C=O) groups is 2. The first-order valence-corrected chi connectivity index (χ1v) is 24.6. The van der Waals surface area contributed by atoms with Crippen LogP contribution in [0.2, 0.25) is 23.2 Å². The van der Waals surface area contributed by atoms with Gasteiger partial charge in [0.1, 0.15) is 11.4 Å². The van der Waals surface area contributed by atoms with E-state index >= 15 is 0 Å². The molecule has 0 aromatic heterocycles. The summed E-state index contributed by atoms with van der Waals surface area (Å²) in [5.41, 5.74) is 2.29. The van der Waals surface area contributed by atoms with E-state index in [1.807, 2.05) is 45.0 Å². The lowest BCUT2D eigenvalue weighted by Crippen LogP contribution is -2.66. The maximum Gasteiger partial charge on any atom is 0.410 e. The number of ether oxygens (including phenoxy) is 2. The highest BCUT2D eigenvalue weighted by Crippen LogP contribution is 2.42. The molecule has 302 valence electrons. The van der Waals surface area contributed by atoms with Gasteiger partial charge in [-0.1, -0.05) is 145 Å². The largest absolute Gasteiger partial charge is 0.444 e. The standard InChI is InChI=1S/C31H32O3Si.C16H33NO3Si/c1-24(32)34-30-18-12-11-17-29(30)26-21-19-25(20-22-26)23-33-35(31(2,3)4,27-13-7-5-8-14-27)28-15-9-6-10-16-28;1-14(2,3)19-13(18)17-11-10-16(7,12-17)20-21(8,9)15(4,5)6/h5-22H,23H2,1-4H3;10-12H2,1-9H3/t;16-/m.1/s1. The molecule has 56 heavy (non-hydrogen) atoms. The Balaban J connectivity index is 0.000000284. The van der Waals surface area contributed by atoms with Crippen LogP contribution in [0.1, 0.15) is 88.1 Å². The first-order valence-electron chi connectivity index (χ1n) is 19.8. The zero-order valence-corrected chi connectivity index (χ0v) is 38.1. The van der Waals surface area contributed by atoms with E-state index < -0.39 is 22.2 Å². The van der Waals surface area contributed by atoms with Gasteiger partial charge in [0.05, 0.1) is 18.8 Å². The lowest BCUT2D eigenvalue weighted by molar-refractivity contribution is -0.131. The topological polar surface area (TPSA) is 74.3 Å². The van der Waals surface area contributed by atoms with Gasteiger partial charge < -0.3 is 23.2 Å². The minimum atomic E-state index is -2.59. The second-order valence-electron chi connectivity index (χ2n) is 18.7. The van der Waals surface area contributed by atoms with Crippen molar-refractivity contribution in [2.45, 2.75) is 124 Å². The molecule has 4 aromatic rings. The van der Waals surface area contributed by atoms with Gasteiger partial charge in [0.25, 0.3) is 8.32 Å². The molecule has 0 N–H and O–H groups in total. The predicted octanol–water partition coefficient (Wildman–Crippen LogP) is 10.8. The molecule has 0 bridgehead atoms. The van der Waals surface area contributed by atoms with Crippen LogP contribution in [0.25, 0.3) is 11.1 Å². The average Bonchev–Trinajstić information content (AvgIpc) is 3.49. The molecule has 0 spiro atoms. The Kier molecular flexibility index (Phi) is 14.1. The molecule has 1 saturated heterocycles. The van der Waals surface area contributed by atoms with Gasteiger partial charge in [-0.15, -0.1) is 0 Å². The molecule has 4 aromatic carbocycles. The molecular formula is C47H65NO6Si2. The van der Waals surface area contributed by atoms with E-state index in [0.29, 0.717) is 25.4 Å². The summed E-state index contributed by atoms with van der Waals surface area (Å²) in [5, 5.41) is 2.64. The predicted molar refractivity (Wildman–Crippen MR) is 235 cm³/mol. The van der Waals surface area contributed by atoms with E-state index in [9.17, 15) is 9.59 Å². The fourth-order valence-corrected chi connectivity index (χ4v) is 13.2. The van der Waals surface area contributed by atoms with Crippen molar-refractivity contribution in [2.24, 2.45) is 0 Å². The van der Waals surface area contributed by atoms with Gasteiger partial charge in [-0.3, -0.25) is 4.79 Å². The van der Waals surface area contributed by atoms with Gasteiger partial charge in [-0.25, -0.2) is 4.79 Å². The highest BCUT2D eigenvalue weighted by molar-refractivity contribution is 6.99. The van der Waals surface area contributed by atoms with Crippen LogP contribution in [-0.4, -0.2) is 57.9 Å². The van der Waals surface area contributed by atoms with Crippen molar-refractivity contribution < 1.29 is 27.9 Å². The number of hydrogen-bond acceptors (Lipinski definition) is 6. The van der Waals surface area contributed by atoms with Crippen LogP contribution in [0.4, 0.5) is 4.79 Å². The Morgan fingerprint density at radius 2 is 1.23 bits per heavy atom. The molecule has 1 heterocycles. The number of rotatable bonds is 9. The van der Waals surface area contributed by atoms with Gasteiger partial charge >= 0.3 is 12.1 Å². The highest BCUT2D eigenvalue weighted by atomic mass is 28.4. The van der Waals surface area contributed by atoms with E-state index in [1.165, 1.54) is 17.3 Å². The average molecular weight is 796 g/mol. The first kappa shape index (κ1) is 44.7. The number of amides is 1. The van der Waals surface area contributed by atoms with Gasteiger partial charge in [-0.2, -0.15) is 0 Å². The van der Waals surface area contributed by atoms with E-state index in [1.54, 1.807) is 4.90 Å². The number of para-hydroxylation sites is 1. The Labute approximate surface area is 339 Å². The van der Waals surface area contributed by atoms with Crippen LogP contribution >= 0.6 is 0 Å². The molecule has 1 aliphatic rings. The van der Waals surface area contributed by atoms with Crippen LogP contribution < -0.4 is 15.1 Å². The second kappa shape index (κ2) is 17.6. The fourth-order valence-electron chi connectivity index (χ4n) is 6.95. The lowest BCUT2D eigenvalue weighted by Gasteiger charge is -2.43. The maximum absolute atomic E-state index is 12.2. The van der Waals surface area contributed by atoms with E-state index in [4.69, 9.17) is 18.3 Å². The molecule has 1 atom stereocenters. The number of likely N-dealkylation sites (tertiary alicyclic amines) is 1. The smallest absolute Gasteiger partial charge is 0.410 e. The molecule has 7 nitrogen and oxygen atoms in total. The monoisotopic (exact) mass is 795 g/mol. The molecule has 9 heteroatoms. The Hall–Kier alpha value is -4.03. The van der Waals surface area contributed by atoms with Gasteiger partial charge in [0.2, 0.25) is 0 Å². The van der Waals surface area contributed by atoms with Crippen LogP contribution in [0.3, 0.4) is 0 Å². The molecule has 0 unspecified atom stereocenters. The normalized spacial score (nSPS) is 16.5. The Bertz CT molecular complexity index is 1850. The summed E-state index contributed by atoms with van der Waals surface area (Å²) in [4.78, 5) is 25.5. The van der Waals surface area contributed by atoms with Crippen LogP contribution in [0.5, 0.6) is 5.75 Å². The summed E-state index contributed by atoms with van der Waals surface area (Å²) in [6.07, 6.45) is 0.642. The first-order chi connectivity index (χ1) is 26.0. The highest BCUT2D eigenvalue weighted by Gasteiger charge is 2.50. The number of esters is 1. The van der Waals surface area contributed by atoms with Gasteiger partial charge in [0.15, 0.2) is 8.32 Å². The van der Waals surface area contributed by atoms with Crippen LogP contribution in [0, 0.1) is 0 Å². The van der Waals surface area contributed by atoms with Crippen molar-refractivity contribution in [3.63, 3.8) is 0 Å². The summed E-state index contributed by atoms with van der Waals surface area (Å²) in [7, 11) is -4.43. The molecule has 0 radical (unpaired) electrons. The lowest BCUT2D eigenvalue weighted by atomic mass is 10.0. The maximum atomic E-state index is 12.2. The molecular weight excluding hydrogens is 731 g/mol. The number of carbonyl (C=O) groups excluding carboxylic acids is 2. The molecule has 0 aliphatic carbocycles. The number of hydrogen-bond donors (Lipinski definition) is 0. The zero-order chi connectivity index (χ0) is 41.6. The number of nitrogens with zero attached hydrogens (tertiary/aromatic N) is 1.